The SMILES string of the molecule is N#Cc1ccc(OCCON=C(N)c2ccc(N3CCCCC3)nc2)cc1. The highest BCUT2D eigenvalue weighted by Gasteiger charge is 2.12. The summed E-state index contributed by atoms with van der Waals surface area (Å²) >= 11 is 0. The number of pyridine rings is 1. The molecule has 140 valence electrons. The van der Waals surface area contributed by atoms with Crippen LogP contribution >= 0.6 is 0 Å². The minimum atomic E-state index is 0.264. The van der Waals surface area contributed by atoms with E-state index in [0.717, 1.165) is 24.5 Å². The number of aromatic nitrogens is 1. The number of nitriles is 1. The van der Waals surface area contributed by atoms with Crippen LogP contribution in [-0.4, -0.2) is 37.1 Å². The molecule has 0 unspecified atom stereocenters. The molecular weight excluding hydrogens is 342 g/mol. The molecular formula is C20H23N5O2. The van der Waals surface area contributed by atoms with E-state index in [0.29, 0.717) is 17.9 Å². The Bertz CT molecular complexity index is 791. The van der Waals surface area contributed by atoms with Crippen LogP contribution in [0.25, 0.3) is 0 Å². The van der Waals surface area contributed by atoms with Gasteiger partial charge in [0.2, 0.25) is 0 Å². The van der Waals surface area contributed by atoms with Crippen LogP contribution in [0.2, 0.25) is 0 Å². The Morgan fingerprint density at radius 1 is 1.11 bits per heavy atom. The van der Waals surface area contributed by atoms with Crippen molar-refractivity contribution in [3.05, 3.63) is 53.7 Å². The van der Waals surface area contributed by atoms with E-state index in [9.17, 15) is 0 Å². The Morgan fingerprint density at radius 2 is 1.89 bits per heavy atom. The standard InChI is InChI=1S/C20H23N5O2/c21-14-16-4-7-18(8-5-16)26-12-13-27-24-20(22)17-6-9-19(23-15-17)25-10-2-1-3-11-25/h4-9,15H,1-3,10-13H2,(H2,22,24). The molecule has 0 radical (unpaired) electrons. The third-order valence-electron chi connectivity index (χ3n) is 4.31. The number of piperidine rings is 1. The molecule has 7 nitrogen and oxygen atoms in total. The van der Waals surface area contributed by atoms with Crippen LogP contribution in [0.5, 0.6) is 5.75 Å². The summed E-state index contributed by atoms with van der Waals surface area (Å²) in [5, 5.41) is 12.7. The highest BCUT2D eigenvalue weighted by atomic mass is 16.6. The Balaban J connectivity index is 1.43. The smallest absolute Gasteiger partial charge is 0.171 e. The van der Waals surface area contributed by atoms with E-state index >= 15 is 0 Å². The summed E-state index contributed by atoms with van der Waals surface area (Å²) in [5.41, 5.74) is 7.27. The minimum absolute atomic E-state index is 0.264. The molecule has 3 rings (SSSR count). The molecule has 2 N–H and O–H groups in total. The molecule has 1 aromatic carbocycles. The first kappa shape index (κ1) is 18.5. The predicted octanol–water partition coefficient (Wildman–Crippen LogP) is 2.66. The van der Waals surface area contributed by atoms with Gasteiger partial charge < -0.3 is 20.2 Å². The lowest BCUT2D eigenvalue weighted by atomic mass is 10.1. The summed E-state index contributed by atoms with van der Waals surface area (Å²) in [4.78, 5) is 12.0. The maximum absolute atomic E-state index is 8.76. The number of ether oxygens (including phenoxy) is 1. The van der Waals surface area contributed by atoms with Gasteiger partial charge in [0.25, 0.3) is 0 Å². The fraction of sp³-hybridized carbons (Fsp3) is 0.350. The summed E-state index contributed by atoms with van der Waals surface area (Å²) < 4.78 is 5.51. The van der Waals surface area contributed by atoms with Crippen molar-refractivity contribution in [2.45, 2.75) is 19.3 Å². The summed E-state index contributed by atoms with van der Waals surface area (Å²) in [7, 11) is 0. The van der Waals surface area contributed by atoms with E-state index < -0.39 is 0 Å². The predicted molar refractivity (Wildman–Crippen MR) is 104 cm³/mol. The first-order chi connectivity index (χ1) is 13.3. The average molecular weight is 365 g/mol. The van der Waals surface area contributed by atoms with Crippen molar-refractivity contribution in [2.75, 3.05) is 31.2 Å². The largest absolute Gasteiger partial charge is 0.490 e. The van der Waals surface area contributed by atoms with Crippen molar-refractivity contribution in [3.8, 4) is 11.8 Å². The van der Waals surface area contributed by atoms with Crippen LogP contribution in [-0.2, 0) is 4.84 Å². The summed E-state index contributed by atoms with van der Waals surface area (Å²) in [6.45, 7) is 2.70. The van der Waals surface area contributed by atoms with Gasteiger partial charge in [-0.05, 0) is 55.7 Å². The van der Waals surface area contributed by atoms with E-state index in [4.69, 9.17) is 20.6 Å². The van der Waals surface area contributed by atoms with Gasteiger partial charge in [0.15, 0.2) is 12.4 Å². The maximum atomic E-state index is 8.76. The molecule has 1 aliphatic rings. The van der Waals surface area contributed by atoms with Gasteiger partial charge in [-0.2, -0.15) is 5.26 Å². The fourth-order valence-corrected chi connectivity index (χ4v) is 2.84. The number of benzene rings is 1. The van der Waals surface area contributed by atoms with Crippen molar-refractivity contribution in [3.63, 3.8) is 0 Å². The fourth-order valence-electron chi connectivity index (χ4n) is 2.84. The van der Waals surface area contributed by atoms with Crippen molar-refractivity contribution >= 4 is 11.7 Å². The number of anilines is 1. The van der Waals surface area contributed by atoms with Gasteiger partial charge in [0, 0.05) is 24.8 Å². The minimum Gasteiger partial charge on any atom is -0.490 e. The van der Waals surface area contributed by atoms with Crippen LogP contribution in [0.3, 0.4) is 0 Å². The Kier molecular flexibility index (Phi) is 6.47. The van der Waals surface area contributed by atoms with Gasteiger partial charge >= 0.3 is 0 Å². The number of hydrogen-bond donors (Lipinski definition) is 1. The quantitative estimate of drug-likeness (QED) is 0.351. The molecule has 0 amide bonds. The molecule has 1 saturated heterocycles. The summed E-state index contributed by atoms with van der Waals surface area (Å²) in [6, 6.07) is 12.8. The number of oxime groups is 1. The van der Waals surface area contributed by atoms with Crippen molar-refractivity contribution in [2.24, 2.45) is 10.9 Å². The molecule has 2 aromatic rings. The van der Waals surface area contributed by atoms with Gasteiger partial charge in [0.1, 0.15) is 18.2 Å². The molecule has 0 aliphatic carbocycles. The van der Waals surface area contributed by atoms with Gasteiger partial charge in [0.05, 0.1) is 11.6 Å². The molecule has 1 fully saturated rings. The number of amidine groups is 1. The molecule has 0 spiro atoms. The van der Waals surface area contributed by atoms with Crippen LogP contribution in [0, 0.1) is 11.3 Å². The zero-order chi connectivity index (χ0) is 18.9. The van der Waals surface area contributed by atoms with E-state index in [-0.39, 0.29) is 12.4 Å². The lowest BCUT2D eigenvalue weighted by molar-refractivity contribution is 0.107. The lowest BCUT2D eigenvalue weighted by Gasteiger charge is -2.27. The maximum Gasteiger partial charge on any atom is 0.171 e. The second kappa shape index (κ2) is 9.43. The zero-order valence-electron chi connectivity index (χ0n) is 15.2. The normalized spacial score (nSPS) is 14.5. The van der Waals surface area contributed by atoms with E-state index in [1.54, 1.807) is 30.5 Å². The van der Waals surface area contributed by atoms with E-state index in [2.05, 4.69) is 21.1 Å². The van der Waals surface area contributed by atoms with Crippen molar-refractivity contribution in [1.82, 2.24) is 4.98 Å². The molecule has 1 aliphatic heterocycles. The highest BCUT2D eigenvalue weighted by molar-refractivity contribution is 5.96. The Morgan fingerprint density at radius 3 is 2.56 bits per heavy atom. The topological polar surface area (TPSA) is 96.8 Å². The molecule has 2 heterocycles. The molecule has 27 heavy (non-hydrogen) atoms. The van der Waals surface area contributed by atoms with Crippen LogP contribution < -0.4 is 15.4 Å². The third-order valence-corrected chi connectivity index (χ3v) is 4.31. The molecule has 1 aromatic heterocycles. The number of hydrogen-bond acceptors (Lipinski definition) is 6. The van der Waals surface area contributed by atoms with Crippen molar-refractivity contribution < 1.29 is 9.57 Å². The number of rotatable bonds is 7. The first-order valence-corrected chi connectivity index (χ1v) is 9.06. The third kappa shape index (κ3) is 5.35. The summed E-state index contributed by atoms with van der Waals surface area (Å²) in [5.74, 6) is 1.93. The second-order valence-corrected chi connectivity index (χ2v) is 6.25. The number of nitrogens with two attached hydrogens (primary N) is 1. The zero-order valence-corrected chi connectivity index (χ0v) is 15.2. The van der Waals surface area contributed by atoms with Gasteiger partial charge in [-0.25, -0.2) is 4.98 Å². The molecule has 0 saturated carbocycles. The Hall–Kier alpha value is -3.27. The number of nitrogens with zero attached hydrogens (tertiary/aromatic N) is 4. The average Bonchev–Trinajstić information content (AvgIpc) is 2.74. The summed E-state index contributed by atoms with van der Waals surface area (Å²) in [6.07, 6.45) is 5.44. The lowest BCUT2D eigenvalue weighted by Crippen LogP contribution is -2.30. The molecule has 7 heteroatoms. The molecule has 0 bridgehead atoms. The van der Waals surface area contributed by atoms with E-state index in [1.807, 2.05) is 12.1 Å². The van der Waals surface area contributed by atoms with Crippen LogP contribution in [0.15, 0.2) is 47.8 Å². The van der Waals surface area contributed by atoms with Crippen molar-refractivity contribution in [1.29, 1.82) is 5.26 Å². The van der Waals surface area contributed by atoms with Crippen LogP contribution in [0.1, 0.15) is 30.4 Å². The van der Waals surface area contributed by atoms with E-state index in [1.165, 1.54) is 19.3 Å². The second-order valence-electron chi connectivity index (χ2n) is 6.25. The van der Waals surface area contributed by atoms with Crippen LogP contribution in [0.4, 0.5) is 5.82 Å². The Labute approximate surface area is 159 Å². The monoisotopic (exact) mass is 365 g/mol. The highest BCUT2D eigenvalue weighted by Crippen LogP contribution is 2.17. The molecule has 0 atom stereocenters. The first-order valence-electron chi connectivity index (χ1n) is 9.06. The van der Waals surface area contributed by atoms with Gasteiger partial charge in [-0.15, -0.1) is 0 Å². The van der Waals surface area contributed by atoms with Gasteiger partial charge in [-0.1, -0.05) is 5.16 Å². The van der Waals surface area contributed by atoms with Gasteiger partial charge in [-0.3, -0.25) is 0 Å².